The van der Waals surface area contributed by atoms with Crippen LogP contribution in [0.15, 0.2) is 18.2 Å². The minimum Gasteiger partial charge on any atom is -0.493 e. The highest BCUT2D eigenvalue weighted by Gasteiger charge is 2.05. The van der Waals surface area contributed by atoms with Crippen molar-refractivity contribution >= 4 is 22.6 Å². The Labute approximate surface area is 95.6 Å². The summed E-state index contributed by atoms with van der Waals surface area (Å²) in [6.45, 7) is 2.56. The topological polar surface area (TPSA) is 9.23 Å². The van der Waals surface area contributed by atoms with Gasteiger partial charge in [-0.1, -0.05) is 29.5 Å². The van der Waals surface area contributed by atoms with Gasteiger partial charge in [0.25, 0.3) is 0 Å². The highest BCUT2D eigenvalue weighted by Crippen LogP contribution is 2.16. The first kappa shape index (κ1) is 11.7. The Balaban J connectivity index is 2.55. The van der Waals surface area contributed by atoms with Crippen LogP contribution in [0.2, 0.25) is 0 Å². The summed E-state index contributed by atoms with van der Waals surface area (Å²) in [6.07, 6.45) is 0. The molecule has 4 heteroatoms. The van der Waals surface area contributed by atoms with Crippen molar-refractivity contribution in [2.75, 3.05) is 11.0 Å². The summed E-state index contributed by atoms with van der Waals surface area (Å²) in [5.41, 5.74) is 0. The van der Waals surface area contributed by atoms with Gasteiger partial charge < -0.3 is 4.74 Å². The predicted molar refractivity (Wildman–Crippen MR) is 59.9 cm³/mol. The van der Waals surface area contributed by atoms with Crippen LogP contribution in [0.5, 0.6) is 5.75 Å². The molecule has 1 rings (SSSR count). The molecular weight excluding hydrogens is 301 g/mol. The van der Waals surface area contributed by atoms with Crippen molar-refractivity contribution in [2.24, 2.45) is 5.92 Å². The molecule has 0 spiro atoms. The molecule has 14 heavy (non-hydrogen) atoms. The second kappa shape index (κ2) is 5.48. The van der Waals surface area contributed by atoms with Crippen LogP contribution >= 0.6 is 22.6 Å². The Morgan fingerprint density at radius 1 is 1.36 bits per heavy atom. The molecule has 1 nitrogen and oxygen atoms in total. The van der Waals surface area contributed by atoms with Crippen LogP contribution in [0.4, 0.5) is 8.78 Å². The van der Waals surface area contributed by atoms with E-state index in [1.165, 1.54) is 6.07 Å². The van der Waals surface area contributed by atoms with Gasteiger partial charge in [-0.3, -0.25) is 0 Å². The predicted octanol–water partition coefficient (Wildman–Crippen LogP) is 3.41. The van der Waals surface area contributed by atoms with E-state index in [-0.39, 0.29) is 0 Å². The zero-order chi connectivity index (χ0) is 10.6. The highest BCUT2D eigenvalue weighted by atomic mass is 127. The lowest BCUT2D eigenvalue weighted by Gasteiger charge is -2.10. The second-order valence-corrected chi connectivity index (χ2v) is 4.03. The molecule has 0 radical (unpaired) electrons. The summed E-state index contributed by atoms with van der Waals surface area (Å²) < 4.78 is 31.5. The van der Waals surface area contributed by atoms with Gasteiger partial charge in [0.05, 0.1) is 6.61 Å². The van der Waals surface area contributed by atoms with Crippen molar-refractivity contribution in [3.8, 4) is 5.75 Å². The number of rotatable bonds is 4. The first-order valence-electron chi connectivity index (χ1n) is 4.27. The number of benzene rings is 1. The largest absolute Gasteiger partial charge is 0.493 e. The van der Waals surface area contributed by atoms with Crippen LogP contribution in [0.25, 0.3) is 0 Å². The van der Waals surface area contributed by atoms with E-state index in [2.05, 4.69) is 22.6 Å². The van der Waals surface area contributed by atoms with Crippen LogP contribution in [0.1, 0.15) is 6.92 Å². The maximum absolute atomic E-state index is 12.7. The molecule has 0 aliphatic carbocycles. The molecule has 0 fully saturated rings. The fourth-order valence-electron chi connectivity index (χ4n) is 0.850. The van der Waals surface area contributed by atoms with Crippen molar-refractivity contribution < 1.29 is 13.5 Å². The molecule has 0 N–H and O–H groups in total. The van der Waals surface area contributed by atoms with Crippen molar-refractivity contribution in [2.45, 2.75) is 6.92 Å². The Morgan fingerprint density at radius 3 is 2.64 bits per heavy atom. The zero-order valence-corrected chi connectivity index (χ0v) is 9.92. The van der Waals surface area contributed by atoms with E-state index in [0.717, 1.165) is 16.6 Å². The molecule has 78 valence electrons. The molecule has 0 amide bonds. The molecule has 1 atom stereocenters. The molecule has 0 bridgehead atoms. The Kier molecular flexibility index (Phi) is 4.57. The van der Waals surface area contributed by atoms with E-state index in [1.54, 1.807) is 0 Å². The molecule has 0 saturated heterocycles. The summed E-state index contributed by atoms with van der Waals surface area (Å²) in [7, 11) is 0. The van der Waals surface area contributed by atoms with Crippen LogP contribution in [0, 0.1) is 17.6 Å². The van der Waals surface area contributed by atoms with Crippen molar-refractivity contribution in [1.29, 1.82) is 0 Å². The Bertz CT molecular complexity index is 304. The molecule has 1 unspecified atom stereocenters. The van der Waals surface area contributed by atoms with Crippen molar-refractivity contribution in [3.05, 3.63) is 29.8 Å². The van der Waals surface area contributed by atoms with Gasteiger partial charge in [0.1, 0.15) is 5.75 Å². The lowest BCUT2D eigenvalue weighted by molar-refractivity contribution is 0.273. The first-order valence-corrected chi connectivity index (χ1v) is 5.80. The average molecular weight is 312 g/mol. The van der Waals surface area contributed by atoms with Gasteiger partial charge in [-0.05, 0) is 18.1 Å². The third kappa shape index (κ3) is 3.40. The number of hydrogen-bond acceptors (Lipinski definition) is 1. The molecule has 0 aromatic heterocycles. The fraction of sp³-hybridized carbons (Fsp3) is 0.400. The van der Waals surface area contributed by atoms with E-state index in [1.807, 2.05) is 6.92 Å². The van der Waals surface area contributed by atoms with E-state index in [4.69, 9.17) is 4.74 Å². The average Bonchev–Trinajstić information content (AvgIpc) is 2.19. The number of halogens is 3. The van der Waals surface area contributed by atoms with Crippen LogP contribution in [0.3, 0.4) is 0 Å². The number of hydrogen-bond donors (Lipinski definition) is 0. The van der Waals surface area contributed by atoms with Gasteiger partial charge in [-0.25, -0.2) is 8.78 Å². The standard InChI is InChI=1S/C10H11F2IO/c1-7(5-13)6-14-8-2-3-9(11)10(12)4-8/h2-4,7H,5-6H2,1H3. The summed E-state index contributed by atoms with van der Waals surface area (Å²) in [4.78, 5) is 0. The van der Waals surface area contributed by atoms with Gasteiger partial charge in [0.15, 0.2) is 11.6 Å². The molecule has 1 aromatic carbocycles. The minimum atomic E-state index is -0.871. The third-order valence-electron chi connectivity index (χ3n) is 1.69. The monoisotopic (exact) mass is 312 g/mol. The molecular formula is C10H11F2IO. The third-order valence-corrected chi connectivity index (χ3v) is 3.19. The summed E-state index contributed by atoms with van der Waals surface area (Å²) >= 11 is 2.25. The summed E-state index contributed by atoms with van der Waals surface area (Å²) in [6, 6.07) is 3.56. The van der Waals surface area contributed by atoms with Gasteiger partial charge in [0, 0.05) is 10.5 Å². The smallest absolute Gasteiger partial charge is 0.162 e. The van der Waals surface area contributed by atoms with Gasteiger partial charge in [-0.2, -0.15) is 0 Å². The van der Waals surface area contributed by atoms with E-state index < -0.39 is 11.6 Å². The number of ether oxygens (including phenoxy) is 1. The first-order chi connectivity index (χ1) is 6.63. The molecule has 0 saturated carbocycles. The van der Waals surface area contributed by atoms with Crippen LogP contribution in [-0.4, -0.2) is 11.0 Å². The SMILES string of the molecule is CC(CI)COc1ccc(F)c(F)c1. The molecule has 1 aromatic rings. The molecule has 0 aliphatic rings. The summed E-state index contributed by atoms with van der Waals surface area (Å²) in [5, 5.41) is 0. The van der Waals surface area contributed by atoms with E-state index >= 15 is 0 Å². The lowest BCUT2D eigenvalue weighted by atomic mass is 10.2. The second-order valence-electron chi connectivity index (χ2n) is 3.15. The molecule has 0 aliphatic heterocycles. The highest BCUT2D eigenvalue weighted by molar-refractivity contribution is 14.1. The fourth-order valence-corrected chi connectivity index (χ4v) is 1.10. The number of alkyl halides is 1. The van der Waals surface area contributed by atoms with Gasteiger partial charge in [0.2, 0.25) is 0 Å². The maximum atomic E-state index is 12.7. The maximum Gasteiger partial charge on any atom is 0.162 e. The normalized spacial score (nSPS) is 12.6. The van der Waals surface area contributed by atoms with Crippen molar-refractivity contribution in [1.82, 2.24) is 0 Å². The molecule has 0 heterocycles. The lowest BCUT2D eigenvalue weighted by Crippen LogP contribution is -2.09. The summed E-state index contributed by atoms with van der Waals surface area (Å²) in [5.74, 6) is -0.937. The zero-order valence-electron chi connectivity index (χ0n) is 7.77. The minimum absolute atomic E-state index is 0.376. The van der Waals surface area contributed by atoms with Gasteiger partial charge in [-0.15, -0.1) is 0 Å². The quantitative estimate of drug-likeness (QED) is 0.611. The Hall–Kier alpha value is -0.390. The Morgan fingerprint density at radius 2 is 2.07 bits per heavy atom. The van der Waals surface area contributed by atoms with Crippen molar-refractivity contribution in [3.63, 3.8) is 0 Å². The van der Waals surface area contributed by atoms with Crippen LogP contribution < -0.4 is 4.74 Å². The van der Waals surface area contributed by atoms with E-state index in [9.17, 15) is 8.78 Å². The van der Waals surface area contributed by atoms with E-state index in [0.29, 0.717) is 18.3 Å². The van der Waals surface area contributed by atoms with Crippen LogP contribution in [-0.2, 0) is 0 Å². The van der Waals surface area contributed by atoms with Gasteiger partial charge >= 0.3 is 0 Å².